The van der Waals surface area contributed by atoms with Crippen LogP contribution in [-0.4, -0.2) is 58.9 Å². The summed E-state index contributed by atoms with van der Waals surface area (Å²) in [7, 11) is 0. The largest absolute Gasteiger partial charge is 0.508 e. The highest BCUT2D eigenvalue weighted by Crippen LogP contribution is 2.54. The van der Waals surface area contributed by atoms with Gasteiger partial charge in [0, 0.05) is 36.9 Å². The van der Waals surface area contributed by atoms with Gasteiger partial charge >= 0.3 is 0 Å². The molecule has 3 N–H and O–H groups in total. The number of nitrogens with two attached hydrogens (primary N) is 1. The Morgan fingerprint density at radius 3 is 2.89 bits per heavy atom. The Morgan fingerprint density at radius 2 is 2.15 bits per heavy atom. The summed E-state index contributed by atoms with van der Waals surface area (Å²) < 4.78 is 0. The Hall–Kier alpha value is -2.08. The number of phenolic OH excluding ortho intramolecular Hbond substituents is 1. The van der Waals surface area contributed by atoms with Crippen LogP contribution in [-0.2, 0) is 21.4 Å². The van der Waals surface area contributed by atoms with Crippen LogP contribution in [0.4, 0.5) is 0 Å². The Kier molecular flexibility index (Phi) is 3.76. The van der Waals surface area contributed by atoms with Crippen LogP contribution >= 0.6 is 0 Å². The maximum atomic E-state index is 12.9. The number of likely N-dealkylation sites (tertiary alicyclic amines) is 2. The average molecular weight is 369 g/mol. The van der Waals surface area contributed by atoms with Gasteiger partial charge in [0.1, 0.15) is 5.75 Å². The lowest BCUT2D eigenvalue weighted by atomic mass is 9.54. The number of nitrogens with zero attached hydrogens (tertiary/aromatic N) is 2. The van der Waals surface area contributed by atoms with E-state index in [1.807, 2.05) is 12.1 Å². The number of fused-ring (bicyclic) bond motifs is 1. The van der Waals surface area contributed by atoms with Crippen LogP contribution in [0.15, 0.2) is 18.2 Å². The normalized spacial score (nSPS) is 32.7. The topological polar surface area (TPSA) is 86.9 Å². The van der Waals surface area contributed by atoms with E-state index in [1.165, 1.54) is 18.4 Å². The van der Waals surface area contributed by atoms with Crippen LogP contribution in [0.2, 0.25) is 0 Å². The van der Waals surface area contributed by atoms with E-state index >= 15 is 0 Å². The molecule has 2 heterocycles. The Morgan fingerprint density at radius 1 is 1.33 bits per heavy atom. The van der Waals surface area contributed by atoms with Gasteiger partial charge in [-0.25, -0.2) is 0 Å². The van der Waals surface area contributed by atoms with Crippen molar-refractivity contribution < 1.29 is 14.7 Å². The average Bonchev–Trinajstić information content (AvgIpc) is 3.42. The molecule has 6 heteroatoms. The van der Waals surface area contributed by atoms with E-state index in [-0.39, 0.29) is 29.5 Å². The van der Waals surface area contributed by atoms with Gasteiger partial charge in [-0.1, -0.05) is 6.07 Å². The van der Waals surface area contributed by atoms with E-state index in [2.05, 4.69) is 4.90 Å². The fraction of sp³-hybridized carbons (Fsp3) is 0.619. The summed E-state index contributed by atoms with van der Waals surface area (Å²) >= 11 is 0. The molecule has 1 aromatic rings. The minimum absolute atomic E-state index is 0.00759. The second-order valence-corrected chi connectivity index (χ2v) is 8.98. The Bertz CT molecular complexity index is 806. The zero-order valence-electron chi connectivity index (χ0n) is 15.6. The lowest BCUT2D eigenvalue weighted by molar-refractivity contribution is -0.147. The number of amides is 2. The molecule has 2 amide bonds. The van der Waals surface area contributed by atoms with Crippen LogP contribution < -0.4 is 5.73 Å². The zero-order chi connectivity index (χ0) is 18.8. The smallest absolute Gasteiger partial charge is 0.237 e. The molecule has 27 heavy (non-hydrogen) atoms. The van der Waals surface area contributed by atoms with Crippen molar-refractivity contribution >= 4 is 11.8 Å². The molecular formula is C21H27N3O3. The number of benzene rings is 1. The first-order valence-electron chi connectivity index (χ1n) is 10.1. The first-order chi connectivity index (χ1) is 13.0. The molecule has 3 fully saturated rings. The highest BCUT2D eigenvalue weighted by molar-refractivity contribution is 5.85. The van der Waals surface area contributed by atoms with E-state index in [0.29, 0.717) is 19.0 Å². The second-order valence-electron chi connectivity index (χ2n) is 8.98. The van der Waals surface area contributed by atoms with Gasteiger partial charge < -0.3 is 15.7 Å². The number of carbonyl (C=O) groups excluding carboxylic acids is 2. The van der Waals surface area contributed by atoms with Crippen molar-refractivity contribution in [3.05, 3.63) is 29.3 Å². The van der Waals surface area contributed by atoms with Crippen LogP contribution in [0.5, 0.6) is 5.75 Å². The molecule has 1 saturated carbocycles. The number of primary amides is 1. The van der Waals surface area contributed by atoms with Crippen molar-refractivity contribution in [1.29, 1.82) is 0 Å². The number of phenols is 1. The second kappa shape index (κ2) is 5.96. The van der Waals surface area contributed by atoms with E-state index in [4.69, 9.17) is 5.73 Å². The van der Waals surface area contributed by atoms with Crippen molar-refractivity contribution in [2.75, 3.05) is 26.2 Å². The van der Waals surface area contributed by atoms with Crippen molar-refractivity contribution in [3.63, 3.8) is 0 Å². The van der Waals surface area contributed by atoms with E-state index < -0.39 is 5.91 Å². The molecule has 0 aromatic heterocycles. The van der Waals surface area contributed by atoms with Gasteiger partial charge in [0.25, 0.3) is 0 Å². The van der Waals surface area contributed by atoms with Crippen LogP contribution in [0.1, 0.15) is 36.8 Å². The van der Waals surface area contributed by atoms with Gasteiger partial charge in [-0.15, -0.1) is 0 Å². The van der Waals surface area contributed by atoms with E-state index in [9.17, 15) is 14.7 Å². The molecule has 0 unspecified atom stereocenters. The third-order valence-corrected chi connectivity index (χ3v) is 7.32. The molecule has 0 radical (unpaired) electrons. The van der Waals surface area contributed by atoms with Crippen LogP contribution in [0, 0.1) is 11.8 Å². The molecular weight excluding hydrogens is 342 g/mol. The fourth-order valence-corrected chi connectivity index (χ4v) is 5.89. The summed E-state index contributed by atoms with van der Waals surface area (Å²) in [5, 5.41) is 10.1. The molecule has 2 saturated heterocycles. The van der Waals surface area contributed by atoms with Gasteiger partial charge in [-0.05, 0) is 61.4 Å². The molecule has 2 aliphatic carbocycles. The summed E-state index contributed by atoms with van der Waals surface area (Å²) in [6, 6.07) is 6.07. The predicted molar refractivity (Wildman–Crippen MR) is 100 cm³/mol. The lowest BCUT2D eigenvalue weighted by Crippen LogP contribution is -2.67. The fourth-order valence-electron chi connectivity index (χ4n) is 5.89. The van der Waals surface area contributed by atoms with E-state index in [1.54, 1.807) is 11.0 Å². The molecule has 6 nitrogen and oxygen atoms in total. The molecule has 2 bridgehead atoms. The van der Waals surface area contributed by atoms with Gasteiger partial charge in [-0.2, -0.15) is 0 Å². The third kappa shape index (κ3) is 2.73. The first-order valence-corrected chi connectivity index (χ1v) is 10.1. The Labute approximate surface area is 159 Å². The minimum atomic E-state index is -0.451. The van der Waals surface area contributed by atoms with Crippen molar-refractivity contribution in [2.45, 2.75) is 43.6 Å². The maximum Gasteiger partial charge on any atom is 0.237 e. The number of hydrogen-bond donors (Lipinski definition) is 2. The highest BCUT2D eigenvalue weighted by Gasteiger charge is 2.57. The molecule has 0 spiro atoms. The summed E-state index contributed by atoms with van der Waals surface area (Å²) in [6.07, 6.45) is 4.96. The van der Waals surface area contributed by atoms with Gasteiger partial charge in [-0.3, -0.25) is 14.5 Å². The predicted octanol–water partition coefficient (Wildman–Crippen LogP) is 1.00. The van der Waals surface area contributed by atoms with Gasteiger partial charge in [0.2, 0.25) is 11.8 Å². The number of hydrogen-bond acceptors (Lipinski definition) is 4. The van der Waals surface area contributed by atoms with Crippen molar-refractivity contribution in [3.8, 4) is 5.75 Å². The summed E-state index contributed by atoms with van der Waals surface area (Å²) in [6.45, 7) is 2.75. The molecule has 3 atom stereocenters. The van der Waals surface area contributed by atoms with Crippen molar-refractivity contribution in [1.82, 2.24) is 9.80 Å². The molecule has 4 aliphatic rings. The van der Waals surface area contributed by atoms with Crippen LogP contribution in [0.3, 0.4) is 0 Å². The quantitative estimate of drug-likeness (QED) is 0.829. The van der Waals surface area contributed by atoms with E-state index in [0.717, 1.165) is 37.4 Å². The van der Waals surface area contributed by atoms with Gasteiger partial charge in [0.05, 0.1) is 6.54 Å². The Balaban J connectivity index is 1.56. The standard InChI is InChI=1S/C21H27N3O3/c22-19(26)12-24-11-17-18-7-14-3-4-15(25)8-16(14)21(17,9-20(24)27)5-6-23(18)10-13-1-2-13/h3-4,8,13,17-18,25H,1-2,5-7,9-12H2,(H2,22,26)/t17-,18+,21+/m0/s1. The molecule has 144 valence electrons. The number of carbonyl (C=O) groups is 2. The lowest BCUT2D eigenvalue weighted by Gasteiger charge is -2.60. The number of aromatic hydroxyl groups is 1. The molecule has 1 aromatic carbocycles. The maximum absolute atomic E-state index is 12.9. The molecule has 5 rings (SSSR count). The first kappa shape index (κ1) is 17.0. The minimum Gasteiger partial charge on any atom is -0.508 e. The zero-order valence-corrected chi connectivity index (χ0v) is 15.6. The number of piperidine rings is 2. The molecule has 2 aliphatic heterocycles. The SMILES string of the molecule is NC(=O)CN1C[C@H]2[C@H]3Cc4ccc(O)cc4[C@@]2(CCN3CC2CC2)CC1=O. The monoisotopic (exact) mass is 369 g/mol. The summed E-state index contributed by atoms with van der Waals surface area (Å²) in [5.74, 6) is 0.943. The summed E-state index contributed by atoms with van der Waals surface area (Å²) in [4.78, 5) is 28.6. The third-order valence-electron chi connectivity index (χ3n) is 7.32. The van der Waals surface area contributed by atoms with Crippen molar-refractivity contribution in [2.24, 2.45) is 17.6 Å². The van der Waals surface area contributed by atoms with Crippen LogP contribution in [0.25, 0.3) is 0 Å². The highest BCUT2D eigenvalue weighted by atomic mass is 16.3. The summed E-state index contributed by atoms with van der Waals surface area (Å²) in [5.41, 5.74) is 7.59. The number of rotatable bonds is 4. The van der Waals surface area contributed by atoms with Gasteiger partial charge in [0.15, 0.2) is 0 Å².